The predicted molar refractivity (Wildman–Crippen MR) is 91.8 cm³/mol. The highest BCUT2D eigenvalue weighted by Gasteiger charge is 2.28. The highest BCUT2D eigenvalue weighted by molar-refractivity contribution is 5.95. The molecule has 13 heteroatoms. The highest BCUT2D eigenvalue weighted by atomic mass is 16.4. The molecule has 0 aromatic rings. The number of nitrogens with one attached hydrogen (secondary N) is 3. The lowest BCUT2D eigenvalue weighted by Crippen LogP contribution is -2.54. The molecular weight excluding hydrogens is 380 g/mol. The molecular formula is C15H24N4O9. The van der Waals surface area contributed by atoms with E-state index < -0.39 is 79.1 Å². The van der Waals surface area contributed by atoms with E-state index in [4.69, 9.17) is 21.1 Å². The zero-order chi connectivity index (χ0) is 22.0. The smallest absolute Gasteiger partial charge is 0.326 e. The Labute approximate surface area is 159 Å². The Kier molecular flexibility index (Phi) is 10.2. The molecule has 3 amide bonds. The molecule has 3 atom stereocenters. The van der Waals surface area contributed by atoms with Gasteiger partial charge in [-0.1, -0.05) is 13.8 Å². The third kappa shape index (κ3) is 9.47. The highest BCUT2D eigenvalue weighted by Crippen LogP contribution is 2.01. The summed E-state index contributed by atoms with van der Waals surface area (Å²) in [6, 6.07) is -4.31. The van der Waals surface area contributed by atoms with Gasteiger partial charge in [-0.15, -0.1) is 0 Å². The van der Waals surface area contributed by atoms with Crippen LogP contribution in [0.5, 0.6) is 0 Å². The van der Waals surface area contributed by atoms with Crippen LogP contribution in [0, 0.1) is 5.92 Å². The number of carbonyl (C=O) groups excluding carboxylic acids is 3. The Balaban J connectivity index is 4.87. The van der Waals surface area contributed by atoms with E-state index in [1.807, 2.05) is 5.32 Å². The number of amides is 3. The Morgan fingerprint density at radius 1 is 0.857 bits per heavy atom. The van der Waals surface area contributed by atoms with Gasteiger partial charge in [0.1, 0.15) is 12.1 Å². The Morgan fingerprint density at radius 2 is 1.39 bits per heavy atom. The molecule has 0 aromatic carbocycles. The molecule has 0 aliphatic carbocycles. The second-order valence-electron chi connectivity index (χ2n) is 6.21. The van der Waals surface area contributed by atoms with Crippen molar-refractivity contribution >= 4 is 35.6 Å². The normalized spacial score (nSPS) is 13.7. The number of carbonyl (C=O) groups is 6. The number of carboxylic acid groups (broad SMARTS) is 3. The van der Waals surface area contributed by atoms with Crippen molar-refractivity contribution in [1.82, 2.24) is 16.0 Å². The van der Waals surface area contributed by atoms with Crippen LogP contribution >= 0.6 is 0 Å². The van der Waals surface area contributed by atoms with Gasteiger partial charge in [0.2, 0.25) is 17.7 Å². The van der Waals surface area contributed by atoms with Gasteiger partial charge in [-0.2, -0.15) is 0 Å². The number of hydrogen-bond donors (Lipinski definition) is 7. The van der Waals surface area contributed by atoms with E-state index in [1.165, 1.54) is 0 Å². The lowest BCUT2D eigenvalue weighted by atomic mass is 10.0. The van der Waals surface area contributed by atoms with Crippen molar-refractivity contribution in [2.24, 2.45) is 11.7 Å². The van der Waals surface area contributed by atoms with Gasteiger partial charge in [0.15, 0.2) is 0 Å². The molecule has 0 saturated carbocycles. The maximum Gasteiger partial charge on any atom is 0.326 e. The largest absolute Gasteiger partial charge is 0.481 e. The van der Waals surface area contributed by atoms with Crippen LogP contribution in [-0.2, 0) is 28.8 Å². The van der Waals surface area contributed by atoms with Crippen molar-refractivity contribution in [2.45, 2.75) is 44.8 Å². The van der Waals surface area contributed by atoms with Crippen LogP contribution in [0.4, 0.5) is 0 Å². The van der Waals surface area contributed by atoms with Crippen molar-refractivity contribution < 1.29 is 44.1 Å². The molecule has 0 aromatic heterocycles. The molecule has 0 aliphatic rings. The van der Waals surface area contributed by atoms with Crippen molar-refractivity contribution in [3.05, 3.63) is 0 Å². The molecule has 13 nitrogen and oxygen atoms in total. The first-order chi connectivity index (χ1) is 12.8. The van der Waals surface area contributed by atoms with Crippen LogP contribution in [-0.4, -0.2) is 75.6 Å². The molecule has 0 rings (SSSR count). The standard InChI is InChI=1S/C15H24N4O9/c1-6(2)12(15(27)28)19-9(20)5-17-14(26)8(4-11(23)24)18-13(25)7(16)3-10(21)22/h6-8,12H,3-5,16H2,1-2H3,(H,17,26)(H,18,25)(H,19,20)(H,21,22)(H,23,24)(H,27,28). The van der Waals surface area contributed by atoms with E-state index in [2.05, 4.69) is 10.6 Å². The molecule has 0 spiro atoms. The van der Waals surface area contributed by atoms with E-state index in [0.717, 1.165) is 0 Å². The minimum Gasteiger partial charge on any atom is -0.481 e. The van der Waals surface area contributed by atoms with Gasteiger partial charge in [0.05, 0.1) is 25.4 Å². The number of rotatable bonds is 12. The molecule has 0 fully saturated rings. The molecule has 0 bridgehead atoms. The summed E-state index contributed by atoms with van der Waals surface area (Å²) in [6.45, 7) is 2.47. The second kappa shape index (κ2) is 11.5. The Bertz CT molecular complexity index is 635. The molecule has 0 saturated heterocycles. The number of carboxylic acids is 3. The Morgan fingerprint density at radius 3 is 1.82 bits per heavy atom. The summed E-state index contributed by atoms with van der Waals surface area (Å²) in [6.07, 6.45) is -1.58. The summed E-state index contributed by atoms with van der Waals surface area (Å²) in [5, 5.41) is 32.7. The molecule has 0 radical (unpaired) electrons. The SMILES string of the molecule is CC(C)C(NC(=O)CNC(=O)C(CC(=O)O)NC(=O)C(N)CC(=O)O)C(=O)O. The lowest BCUT2D eigenvalue weighted by Gasteiger charge is -2.20. The van der Waals surface area contributed by atoms with E-state index >= 15 is 0 Å². The van der Waals surface area contributed by atoms with Gasteiger partial charge in [-0.25, -0.2) is 4.79 Å². The van der Waals surface area contributed by atoms with Crippen LogP contribution in [0.2, 0.25) is 0 Å². The summed E-state index contributed by atoms with van der Waals surface area (Å²) >= 11 is 0. The Hall–Kier alpha value is -3.22. The average molecular weight is 404 g/mol. The van der Waals surface area contributed by atoms with Gasteiger partial charge in [-0.05, 0) is 5.92 Å². The fourth-order valence-corrected chi connectivity index (χ4v) is 1.97. The summed E-state index contributed by atoms with van der Waals surface area (Å²) < 4.78 is 0. The topological polar surface area (TPSA) is 225 Å². The molecule has 0 aliphatic heterocycles. The predicted octanol–water partition coefficient (Wildman–Crippen LogP) is -2.91. The average Bonchev–Trinajstić information content (AvgIpc) is 2.55. The van der Waals surface area contributed by atoms with Crippen LogP contribution in [0.1, 0.15) is 26.7 Å². The monoisotopic (exact) mass is 404 g/mol. The van der Waals surface area contributed by atoms with Crippen LogP contribution in [0.25, 0.3) is 0 Å². The van der Waals surface area contributed by atoms with Crippen molar-refractivity contribution in [1.29, 1.82) is 0 Å². The summed E-state index contributed by atoms with van der Waals surface area (Å²) in [4.78, 5) is 68.1. The van der Waals surface area contributed by atoms with Crippen LogP contribution in [0.3, 0.4) is 0 Å². The van der Waals surface area contributed by atoms with E-state index in [9.17, 15) is 28.8 Å². The van der Waals surface area contributed by atoms with Crippen molar-refractivity contribution in [3.63, 3.8) is 0 Å². The number of hydrogen-bond acceptors (Lipinski definition) is 7. The zero-order valence-corrected chi connectivity index (χ0v) is 15.3. The summed E-state index contributed by atoms with van der Waals surface area (Å²) in [5.74, 6) is -7.43. The second-order valence-corrected chi connectivity index (χ2v) is 6.21. The third-order valence-corrected chi connectivity index (χ3v) is 3.42. The summed E-state index contributed by atoms with van der Waals surface area (Å²) in [5.41, 5.74) is 5.34. The maximum atomic E-state index is 12.1. The molecule has 3 unspecified atom stereocenters. The number of nitrogens with two attached hydrogens (primary N) is 1. The zero-order valence-electron chi connectivity index (χ0n) is 15.3. The third-order valence-electron chi connectivity index (χ3n) is 3.42. The first-order valence-electron chi connectivity index (χ1n) is 8.14. The first kappa shape index (κ1) is 24.8. The fourth-order valence-electron chi connectivity index (χ4n) is 1.97. The van der Waals surface area contributed by atoms with E-state index in [0.29, 0.717) is 0 Å². The van der Waals surface area contributed by atoms with Crippen molar-refractivity contribution in [3.8, 4) is 0 Å². The molecule has 0 heterocycles. The fraction of sp³-hybridized carbons (Fsp3) is 0.600. The van der Waals surface area contributed by atoms with Gasteiger partial charge >= 0.3 is 17.9 Å². The lowest BCUT2D eigenvalue weighted by molar-refractivity contribution is -0.143. The van der Waals surface area contributed by atoms with E-state index in [1.54, 1.807) is 13.8 Å². The maximum absolute atomic E-state index is 12.1. The molecule has 28 heavy (non-hydrogen) atoms. The minimum absolute atomic E-state index is 0.424. The van der Waals surface area contributed by atoms with E-state index in [-0.39, 0.29) is 0 Å². The quantitative estimate of drug-likeness (QED) is 0.175. The van der Waals surface area contributed by atoms with Gasteiger partial charge in [0, 0.05) is 0 Å². The van der Waals surface area contributed by atoms with Gasteiger partial charge < -0.3 is 37.0 Å². The van der Waals surface area contributed by atoms with Gasteiger partial charge in [-0.3, -0.25) is 24.0 Å². The molecule has 158 valence electrons. The summed E-state index contributed by atoms with van der Waals surface area (Å²) in [7, 11) is 0. The number of aliphatic carboxylic acids is 3. The van der Waals surface area contributed by atoms with Crippen LogP contribution in [0.15, 0.2) is 0 Å². The van der Waals surface area contributed by atoms with Crippen molar-refractivity contribution in [2.75, 3.05) is 6.54 Å². The minimum atomic E-state index is -1.61. The first-order valence-corrected chi connectivity index (χ1v) is 8.14. The molecule has 8 N–H and O–H groups in total. The van der Waals surface area contributed by atoms with Crippen LogP contribution < -0.4 is 21.7 Å². The van der Waals surface area contributed by atoms with Gasteiger partial charge in [0.25, 0.3) is 0 Å².